The van der Waals surface area contributed by atoms with Gasteiger partial charge in [-0.05, 0) is 44.2 Å². The van der Waals surface area contributed by atoms with Gasteiger partial charge in [-0.3, -0.25) is 0 Å². The van der Waals surface area contributed by atoms with Crippen LogP contribution in [0.1, 0.15) is 12.8 Å². The minimum absolute atomic E-state index is 0.0226. The van der Waals surface area contributed by atoms with E-state index in [2.05, 4.69) is 10.1 Å². The molecule has 1 aromatic carbocycles. The molecule has 1 N–H and O–H groups in total. The molecule has 21 heavy (non-hydrogen) atoms. The lowest BCUT2D eigenvalue weighted by Crippen LogP contribution is -2.25. The van der Waals surface area contributed by atoms with Crippen LogP contribution in [0.3, 0.4) is 0 Å². The Morgan fingerprint density at radius 3 is 2.38 bits per heavy atom. The van der Waals surface area contributed by atoms with Gasteiger partial charge < -0.3 is 19.5 Å². The fraction of sp³-hybridized carbons (Fsp3) is 0.571. The van der Waals surface area contributed by atoms with Gasteiger partial charge in [-0.1, -0.05) is 0 Å². The van der Waals surface area contributed by atoms with Crippen LogP contribution in [0.4, 0.5) is 13.2 Å². The molecule has 1 aliphatic rings. The van der Waals surface area contributed by atoms with Gasteiger partial charge in [-0.15, -0.1) is 13.2 Å². The predicted octanol–water partition coefficient (Wildman–Crippen LogP) is 2.73. The smallest absolute Gasteiger partial charge is 0.491 e. The van der Waals surface area contributed by atoms with Gasteiger partial charge in [0.1, 0.15) is 18.1 Å². The number of likely N-dealkylation sites (N-methyl/N-ethyl adjacent to an activating group) is 1. The Morgan fingerprint density at radius 1 is 1.14 bits per heavy atom. The SMILES string of the molecule is CNCC1CCC(COc2ccc(OC(F)(F)F)cc2)O1. The van der Waals surface area contributed by atoms with E-state index in [4.69, 9.17) is 9.47 Å². The molecule has 7 heteroatoms. The van der Waals surface area contributed by atoms with Gasteiger partial charge in [0.15, 0.2) is 0 Å². The normalized spacial score (nSPS) is 22.3. The number of halogens is 3. The molecule has 1 heterocycles. The molecule has 4 nitrogen and oxygen atoms in total. The molecule has 0 aliphatic carbocycles. The van der Waals surface area contributed by atoms with Crippen LogP contribution in [-0.2, 0) is 4.74 Å². The van der Waals surface area contributed by atoms with Crippen LogP contribution in [0.5, 0.6) is 11.5 Å². The topological polar surface area (TPSA) is 39.7 Å². The van der Waals surface area contributed by atoms with Crippen molar-refractivity contribution in [3.05, 3.63) is 24.3 Å². The Morgan fingerprint density at radius 2 is 1.76 bits per heavy atom. The van der Waals surface area contributed by atoms with Crippen molar-refractivity contribution < 1.29 is 27.4 Å². The van der Waals surface area contributed by atoms with Gasteiger partial charge in [0.2, 0.25) is 0 Å². The minimum atomic E-state index is -4.68. The summed E-state index contributed by atoms with van der Waals surface area (Å²) >= 11 is 0. The summed E-state index contributed by atoms with van der Waals surface area (Å²) in [5.74, 6) is 0.228. The van der Waals surface area contributed by atoms with E-state index in [9.17, 15) is 13.2 Å². The molecule has 2 rings (SSSR count). The van der Waals surface area contributed by atoms with Gasteiger partial charge in [-0.25, -0.2) is 0 Å². The van der Waals surface area contributed by atoms with Crippen LogP contribution in [0.25, 0.3) is 0 Å². The average Bonchev–Trinajstić information content (AvgIpc) is 2.84. The molecule has 0 radical (unpaired) electrons. The molecule has 0 spiro atoms. The first-order valence-corrected chi connectivity index (χ1v) is 6.75. The first kappa shape index (κ1) is 15.9. The van der Waals surface area contributed by atoms with E-state index >= 15 is 0 Å². The van der Waals surface area contributed by atoms with Crippen molar-refractivity contribution in [1.82, 2.24) is 5.32 Å². The molecular formula is C14H18F3NO3. The number of nitrogens with one attached hydrogen (secondary N) is 1. The van der Waals surface area contributed by atoms with Crippen molar-refractivity contribution in [3.63, 3.8) is 0 Å². The Bertz CT molecular complexity index is 436. The molecule has 1 fully saturated rings. The van der Waals surface area contributed by atoms with Crippen LogP contribution < -0.4 is 14.8 Å². The first-order valence-electron chi connectivity index (χ1n) is 6.75. The van der Waals surface area contributed by atoms with E-state index in [0.29, 0.717) is 12.4 Å². The summed E-state index contributed by atoms with van der Waals surface area (Å²) in [6.45, 7) is 1.19. The summed E-state index contributed by atoms with van der Waals surface area (Å²) < 4.78 is 51.1. The van der Waals surface area contributed by atoms with Crippen LogP contribution in [0.15, 0.2) is 24.3 Å². The van der Waals surface area contributed by atoms with E-state index < -0.39 is 6.36 Å². The van der Waals surface area contributed by atoms with Gasteiger partial charge in [0, 0.05) is 6.54 Å². The summed E-state index contributed by atoms with van der Waals surface area (Å²) in [7, 11) is 1.87. The highest BCUT2D eigenvalue weighted by Crippen LogP contribution is 2.25. The summed E-state index contributed by atoms with van der Waals surface area (Å²) in [6.07, 6.45) is -2.56. The third-order valence-corrected chi connectivity index (χ3v) is 3.12. The molecule has 1 aromatic rings. The monoisotopic (exact) mass is 305 g/mol. The average molecular weight is 305 g/mol. The Kier molecular flexibility index (Phi) is 5.30. The van der Waals surface area contributed by atoms with Gasteiger partial charge in [0.25, 0.3) is 0 Å². The van der Waals surface area contributed by atoms with Gasteiger partial charge in [-0.2, -0.15) is 0 Å². The number of hydrogen-bond donors (Lipinski definition) is 1. The standard InChI is InChI=1S/C14H18F3NO3/c1-18-8-12-6-7-13(20-12)9-19-10-2-4-11(5-3-10)21-14(15,16)17/h2-5,12-13,18H,6-9H2,1H3. The summed E-state index contributed by atoms with van der Waals surface area (Å²) in [5.41, 5.74) is 0. The number of hydrogen-bond acceptors (Lipinski definition) is 4. The van der Waals surface area contributed by atoms with Crippen LogP contribution >= 0.6 is 0 Å². The maximum atomic E-state index is 12.0. The Balaban J connectivity index is 1.76. The summed E-state index contributed by atoms with van der Waals surface area (Å²) in [4.78, 5) is 0. The number of benzene rings is 1. The quantitative estimate of drug-likeness (QED) is 0.877. The van der Waals surface area contributed by atoms with Gasteiger partial charge in [0.05, 0.1) is 12.2 Å². The van der Waals surface area contributed by atoms with Crippen molar-refractivity contribution in [1.29, 1.82) is 0 Å². The second-order valence-corrected chi connectivity index (χ2v) is 4.85. The second kappa shape index (κ2) is 7.00. The van der Waals surface area contributed by atoms with Crippen molar-refractivity contribution in [3.8, 4) is 11.5 Å². The zero-order valence-electron chi connectivity index (χ0n) is 11.7. The van der Waals surface area contributed by atoms with E-state index in [1.807, 2.05) is 7.05 Å². The molecule has 0 aromatic heterocycles. The molecule has 1 saturated heterocycles. The molecule has 2 unspecified atom stereocenters. The van der Waals surface area contributed by atoms with Crippen LogP contribution in [0.2, 0.25) is 0 Å². The molecule has 1 aliphatic heterocycles. The molecule has 0 amide bonds. The molecule has 0 bridgehead atoms. The Labute approximate surface area is 121 Å². The van der Waals surface area contributed by atoms with Crippen LogP contribution in [-0.4, -0.2) is 38.8 Å². The lowest BCUT2D eigenvalue weighted by Gasteiger charge is -2.15. The molecule has 2 atom stereocenters. The van der Waals surface area contributed by atoms with E-state index in [0.717, 1.165) is 19.4 Å². The highest BCUT2D eigenvalue weighted by Gasteiger charge is 2.31. The van der Waals surface area contributed by atoms with Crippen molar-refractivity contribution in [2.75, 3.05) is 20.2 Å². The molecular weight excluding hydrogens is 287 g/mol. The summed E-state index contributed by atoms with van der Waals surface area (Å²) in [6, 6.07) is 5.34. The lowest BCUT2D eigenvalue weighted by molar-refractivity contribution is -0.274. The molecule has 118 valence electrons. The van der Waals surface area contributed by atoms with E-state index in [-0.39, 0.29) is 18.0 Å². The largest absolute Gasteiger partial charge is 0.573 e. The zero-order chi connectivity index (χ0) is 15.3. The summed E-state index contributed by atoms with van der Waals surface area (Å²) in [5, 5.41) is 3.06. The van der Waals surface area contributed by atoms with E-state index in [1.54, 1.807) is 0 Å². The van der Waals surface area contributed by atoms with Crippen LogP contribution in [0, 0.1) is 0 Å². The Hall–Kier alpha value is -1.47. The fourth-order valence-corrected chi connectivity index (χ4v) is 2.21. The highest BCUT2D eigenvalue weighted by molar-refractivity contribution is 5.31. The maximum Gasteiger partial charge on any atom is 0.573 e. The van der Waals surface area contributed by atoms with Gasteiger partial charge >= 0.3 is 6.36 Å². The second-order valence-electron chi connectivity index (χ2n) is 4.85. The highest BCUT2D eigenvalue weighted by atomic mass is 19.4. The lowest BCUT2D eigenvalue weighted by atomic mass is 10.2. The van der Waals surface area contributed by atoms with Crippen molar-refractivity contribution in [2.45, 2.75) is 31.4 Å². The third-order valence-electron chi connectivity index (χ3n) is 3.12. The fourth-order valence-electron chi connectivity index (χ4n) is 2.21. The number of rotatable bonds is 6. The van der Waals surface area contributed by atoms with Crippen molar-refractivity contribution in [2.24, 2.45) is 0 Å². The molecule has 0 saturated carbocycles. The number of alkyl halides is 3. The zero-order valence-corrected chi connectivity index (χ0v) is 11.7. The first-order chi connectivity index (χ1) is 9.96. The van der Waals surface area contributed by atoms with E-state index in [1.165, 1.54) is 24.3 Å². The minimum Gasteiger partial charge on any atom is -0.491 e. The third kappa shape index (κ3) is 5.43. The van der Waals surface area contributed by atoms with Crippen molar-refractivity contribution >= 4 is 0 Å². The maximum absolute atomic E-state index is 12.0. The number of ether oxygens (including phenoxy) is 3. The predicted molar refractivity (Wildman–Crippen MR) is 70.4 cm³/mol.